The van der Waals surface area contributed by atoms with E-state index >= 15 is 0 Å². The molecule has 2 rings (SSSR count). The molecule has 2 amide bonds. The smallest absolute Gasteiger partial charge is 0.410 e. The first kappa shape index (κ1) is 18.6. The van der Waals surface area contributed by atoms with Crippen LogP contribution in [0.1, 0.15) is 27.2 Å². The molecule has 1 saturated heterocycles. The third kappa shape index (κ3) is 4.86. The predicted molar refractivity (Wildman–Crippen MR) is 89.2 cm³/mol. The summed E-state index contributed by atoms with van der Waals surface area (Å²) in [6, 6.07) is -0.958. The van der Waals surface area contributed by atoms with Crippen LogP contribution in [0.2, 0.25) is 0 Å². The van der Waals surface area contributed by atoms with E-state index in [1.165, 1.54) is 19.3 Å². The standard InChI is InChI=1S/C15H20BrFN4O3/c1-9(2)7-24-14(23)21-8-15(3,17)4-10(21)13(22)20-12-6-18-5-11(16)19-12/h5-6,9-10H,4,7-8H2,1-3H3,(H,19,20,22). The molecule has 24 heavy (non-hydrogen) atoms. The van der Waals surface area contributed by atoms with E-state index in [0.29, 0.717) is 4.60 Å². The van der Waals surface area contributed by atoms with Gasteiger partial charge in [-0.1, -0.05) is 13.8 Å². The summed E-state index contributed by atoms with van der Waals surface area (Å²) in [5, 5.41) is 2.55. The van der Waals surface area contributed by atoms with Crippen molar-refractivity contribution in [3.8, 4) is 0 Å². The number of halogens is 2. The number of alkyl halides is 1. The van der Waals surface area contributed by atoms with Crippen LogP contribution >= 0.6 is 15.9 Å². The van der Waals surface area contributed by atoms with Gasteiger partial charge in [-0.05, 0) is 28.8 Å². The first-order valence-electron chi connectivity index (χ1n) is 7.58. The van der Waals surface area contributed by atoms with Gasteiger partial charge in [0.15, 0.2) is 5.82 Å². The maximum absolute atomic E-state index is 14.4. The second kappa shape index (κ2) is 7.42. The normalized spacial score (nSPS) is 23.4. The molecule has 132 valence electrons. The fourth-order valence-corrected chi connectivity index (χ4v) is 2.71. The highest BCUT2D eigenvalue weighted by molar-refractivity contribution is 9.10. The molecule has 1 aromatic rings. The van der Waals surface area contributed by atoms with Gasteiger partial charge >= 0.3 is 6.09 Å². The molecule has 1 fully saturated rings. The molecule has 2 atom stereocenters. The fraction of sp³-hybridized carbons (Fsp3) is 0.600. The Balaban J connectivity index is 2.09. The third-order valence-electron chi connectivity index (χ3n) is 3.43. The Kier molecular flexibility index (Phi) is 5.74. The van der Waals surface area contributed by atoms with Gasteiger partial charge in [0.25, 0.3) is 0 Å². The molecule has 0 aliphatic carbocycles. The molecular weight excluding hydrogens is 383 g/mol. The van der Waals surface area contributed by atoms with Crippen molar-refractivity contribution in [2.75, 3.05) is 18.5 Å². The van der Waals surface area contributed by atoms with Gasteiger partial charge in [-0.25, -0.2) is 14.2 Å². The van der Waals surface area contributed by atoms with Crippen LogP contribution in [0.25, 0.3) is 0 Å². The number of amides is 2. The van der Waals surface area contributed by atoms with Gasteiger partial charge in [0.2, 0.25) is 5.91 Å². The number of likely N-dealkylation sites (tertiary alicyclic amines) is 1. The molecule has 2 heterocycles. The van der Waals surface area contributed by atoms with Crippen LogP contribution in [-0.4, -0.2) is 51.7 Å². The zero-order valence-electron chi connectivity index (χ0n) is 13.8. The van der Waals surface area contributed by atoms with Crippen molar-refractivity contribution in [3.05, 3.63) is 17.0 Å². The van der Waals surface area contributed by atoms with Crippen LogP contribution in [0.5, 0.6) is 0 Å². The van der Waals surface area contributed by atoms with Gasteiger partial charge in [-0.3, -0.25) is 14.7 Å². The number of aromatic nitrogens is 2. The molecule has 7 nitrogen and oxygen atoms in total. The van der Waals surface area contributed by atoms with Crippen molar-refractivity contribution in [2.45, 2.75) is 38.9 Å². The maximum Gasteiger partial charge on any atom is 0.410 e. The number of nitrogens with zero attached hydrogens (tertiary/aromatic N) is 3. The second-order valence-corrected chi connectivity index (χ2v) is 7.26. The minimum absolute atomic E-state index is 0.100. The van der Waals surface area contributed by atoms with Crippen LogP contribution in [0.4, 0.5) is 15.0 Å². The quantitative estimate of drug-likeness (QED) is 0.836. The van der Waals surface area contributed by atoms with Gasteiger partial charge < -0.3 is 10.1 Å². The van der Waals surface area contributed by atoms with Crippen LogP contribution < -0.4 is 5.32 Å². The Morgan fingerprint density at radius 3 is 2.88 bits per heavy atom. The maximum atomic E-state index is 14.4. The van der Waals surface area contributed by atoms with Crippen LogP contribution in [0, 0.1) is 5.92 Å². The summed E-state index contributed by atoms with van der Waals surface area (Å²) in [7, 11) is 0. The van der Waals surface area contributed by atoms with E-state index in [1.54, 1.807) is 0 Å². The summed E-state index contributed by atoms with van der Waals surface area (Å²) in [6.45, 7) is 5.18. The zero-order valence-corrected chi connectivity index (χ0v) is 15.3. The van der Waals surface area contributed by atoms with Gasteiger partial charge in [-0.15, -0.1) is 0 Å². The minimum atomic E-state index is -1.65. The summed E-state index contributed by atoms with van der Waals surface area (Å²) >= 11 is 3.15. The van der Waals surface area contributed by atoms with Crippen molar-refractivity contribution in [1.29, 1.82) is 0 Å². The van der Waals surface area contributed by atoms with Crippen LogP contribution in [-0.2, 0) is 9.53 Å². The van der Waals surface area contributed by atoms with Crippen molar-refractivity contribution in [1.82, 2.24) is 14.9 Å². The van der Waals surface area contributed by atoms with Crippen molar-refractivity contribution in [3.63, 3.8) is 0 Å². The Labute approximate surface area is 148 Å². The molecule has 0 saturated carbocycles. The van der Waals surface area contributed by atoms with Gasteiger partial charge in [-0.2, -0.15) is 0 Å². The molecule has 9 heteroatoms. The second-order valence-electron chi connectivity index (χ2n) is 6.45. The number of ether oxygens (including phenoxy) is 1. The lowest BCUT2D eigenvalue weighted by atomic mass is 10.0. The lowest BCUT2D eigenvalue weighted by Crippen LogP contribution is -2.44. The number of rotatable bonds is 4. The topological polar surface area (TPSA) is 84.4 Å². The Morgan fingerprint density at radius 2 is 2.25 bits per heavy atom. The van der Waals surface area contributed by atoms with Gasteiger partial charge in [0.1, 0.15) is 16.3 Å². The number of hydrogen-bond donors (Lipinski definition) is 1. The molecule has 0 spiro atoms. The van der Waals surface area contributed by atoms with Crippen molar-refractivity contribution >= 4 is 33.7 Å². The minimum Gasteiger partial charge on any atom is -0.449 e. The van der Waals surface area contributed by atoms with Crippen molar-refractivity contribution < 1.29 is 18.7 Å². The van der Waals surface area contributed by atoms with Gasteiger partial charge in [0, 0.05) is 6.42 Å². The van der Waals surface area contributed by atoms with E-state index in [-0.39, 0.29) is 31.3 Å². The number of hydrogen-bond acceptors (Lipinski definition) is 5. The lowest BCUT2D eigenvalue weighted by molar-refractivity contribution is -0.120. The van der Waals surface area contributed by atoms with E-state index in [1.807, 2.05) is 13.8 Å². The van der Waals surface area contributed by atoms with E-state index in [9.17, 15) is 14.0 Å². The van der Waals surface area contributed by atoms with Crippen LogP contribution in [0.15, 0.2) is 17.0 Å². The largest absolute Gasteiger partial charge is 0.449 e. The lowest BCUT2D eigenvalue weighted by Gasteiger charge is -2.23. The highest BCUT2D eigenvalue weighted by atomic mass is 79.9. The average molecular weight is 403 g/mol. The molecule has 0 aromatic carbocycles. The average Bonchev–Trinajstić information content (AvgIpc) is 2.81. The molecular formula is C15H20BrFN4O3. The highest BCUT2D eigenvalue weighted by Gasteiger charge is 2.47. The molecule has 0 bridgehead atoms. The van der Waals surface area contributed by atoms with E-state index in [2.05, 4.69) is 31.2 Å². The summed E-state index contributed by atoms with van der Waals surface area (Å²) in [4.78, 5) is 33.7. The molecule has 1 aliphatic rings. The molecule has 0 radical (unpaired) electrons. The fourth-order valence-electron chi connectivity index (χ4n) is 2.40. The summed E-state index contributed by atoms with van der Waals surface area (Å²) in [6.07, 6.45) is 2.05. The highest BCUT2D eigenvalue weighted by Crippen LogP contribution is 2.31. The monoisotopic (exact) mass is 402 g/mol. The Hall–Kier alpha value is -1.77. The first-order chi connectivity index (χ1) is 11.2. The number of carbonyl (C=O) groups is 2. The number of nitrogens with one attached hydrogen (secondary N) is 1. The Morgan fingerprint density at radius 1 is 1.54 bits per heavy atom. The SMILES string of the molecule is CC(C)COC(=O)N1CC(C)(F)CC1C(=O)Nc1cncc(Br)n1. The molecule has 1 aliphatic heterocycles. The van der Waals surface area contributed by atoms with E-state index in [0.717, 1.165) is 4.90 Å². The van der Waals surface area contributed by atoms with E-state index < -0.39 is 23.7 Å². The summed E-state index contributed by atoms with van der Waals surface area (Å²) in [5.74, 6) is -0.153. The van der Waals surface area contributed by atoms with Gasteiger partial charge in [0.05, 0.1) is 25.5 Å². The third-order valence-corrected chi connectivity index (χ3v) is 3.81. The zero-order chi connectivity index (χ0) is 17.9. The summed E-state index contributed by atoms with van der Waals surface area (Å²) in [5.41, 5.74) is -1.65. The molecule has 1 aromatic heterocycles. The summed E-state index contributed by atoms with van der Waals surface area (Å²) < 4.78 is 20.0. The number of anilines is 1. The first-order valence-corrected chi connectivity index (χ1v) is 8.38. The van der Waals surface area contributed by atoms with Crippen molar-refractivity contribution in [2.24, 2.45) is 5.92 Å². The number of carbonyl (C=O) groups excluding carboxylic acids is 2. The molecule has 2 unspecified atom stereocenters. The van der Waals surface area contributed by atoms with E-state index in [4.69, 9.17) is 4.74 Å². The predicted octanol–water partition coefficient (Wildman–Crippen LogP) is 2.77. The Bertz CT molecular complexity index is 626. The molecule has 1 N–H and O–H groups in total. The van der Waals surface area contributed by atoms with Crippen LogP contribution in [0.3, 0.4) is 0 Å².